The predicted octanol–water partition coefficient (Wildman–Crippen LogP) is -0.947. The monoisotopic (exact) mass is 248 g/mol. The lowest BCUT2D eigenvalue weighted by atomic mass is 10.5. The molecule has 0 saturated carbocycles. The summed E-state index contributed by atoms with van der Waals surface area (Å²) in [5.74, 6) is 0. The van der Waals surface area contributed by atoms with Crippen molar-refractivity contribution in [1.29, 1.82) is 0 Å². The van der Waals surface area contributed by atoms with E-state index < -0.39 is 10.0 Å². The Kier molecular flexibility index (Phi) is 5.39. The highest BCUT2D eigenvalue weighted by Crippen LogP contribution is 2.03. The lowest BCUT2D eigenvalue weighted by Gasteiger charge is -2.04. The molecule has 0 amide bonds. The summed E-state index contributed by atoms with van der Waals surface area (Å²) >= 11 is 0. The highest BCUT2D eigenvalue weighted by atomic mass is 32.2. The minimum atomic E-state index is -3.43. The fraction of sp³-hybridized carbons (Fsp3) is 0.625. The van der Waals surface area contributed by atoms with Gasteiger partial charge in [-0.1, -0.05) is 0 Å². The van der Waals surface area contributed by atoms with Crippen LogP contribution in [0.5, 0.6) is 0 Å². The van der Waals surface area contributed by atoms with Crippen LogP contribution in [-0.2, 0) is 14.8 Å². The summed E-state index contributed by atoms with van der Waals surface area (Å²) in [7, 11) is -3.43. The second-order valence-electron chi connectivity index (χ2n) is 3.09. The molecule has 1 aromatic rings. The standard InChI is InChI=1S/C8H16N4O3S/c9-2-5-15-4-1-3-12-16(13,14)8-6-10-11-7-8/h6-7,12H,1-5,9H2,(H,10,11). The maximum absolute atomic E-state index is 11.6. The Morgan fingerprint density at radius 3 is 2.94 bits per heavy atom. The first-order valence-corrected chi connectivity index (χ1v) is 6.41. The minimum Gasteiger partial charge on any atom is -0.380 e. The first kappa shape index (κ1) is 13.1. The van der Waals surface area contributed by atoms with Gasteiger partial charge in [0, 0.05) is 25.9 Å². The number of nitrogens with two attached hydrogens (primary N) is 1. The fourth-order valence-corrected chi connectivity index (χ4v) is 2.01. The predicted molar refractivity (Wildman–Crippen MR) is 58.3 cm³/mol. The summed E-state index contributed by atoms with van der Waals surface area (Å²) in [6.07, 6.45) is 3.19. The van der Waals surface area contributed by atoms with Crippen LogP contribution in [0, 0.1) is 0 Å². The molecule has 1 heterocycles. The molecule has 16 heavy (non-hydrogen) atoms. The smallest absolute Gasteiger partial charge is 0.243 e. The molecule has 0 aliphatic heterocycles. The molecule has 0 aliphatic carbocycles. The maximum Gasteiger partial charge on any atom is 0.243 e. The molecule has 0 radical (unpaired) electrons. The Balaban J connectivity index is 2.22. The zero-order chi connectivity index (χ0) is 11.9. The van der Waals surface area contributed by atoms with Gasteiger partial charge in [-0.05, 0) is 6.42 Å². The van der Waals surface area contributed by atoms with Crippen molar-refractivity contribution in [2.45, 2.75) is 11.3 Å². The Bertz CT molecular complexity index is 376. The van der Waals surface area contributed by atoms with E-state index in [-0.39, 0.29) is 4.90 Å². The van der Waals surface area contributed by atoms with Gasteiger partial charge in [0.1, 0.15) is 4.90 Å². The highest BCUT2D eigenvalue weighted by molar-refractivity contribution is 7.89. The highest BCUT2D eigenvalue weighted by Gasteiger charge is 2.13. The van der Waals surface area contributed by atoms with Crippen LogP contribution < -0.4 is 10.5 Å². The summed E-state index contributed by atoms with van der Waals surface area (Å²) in [4.78, 5) is 0.135. The summed E-state index contributed by atoms with van der Waals surface area (Å²) in [5, 5.41) is 6.02. The summed E-state index contributed by atoms with van der Waals surface area (Å²) in [5.41, 5.74) is 5.23. The van der Waals surface area contributed by atoms with E-state index in [1.807, 2.05) is 0 Å². The molecule has 0 bridgehead atoms. The number of ether oxygens (including phenoxy) is 1. The molecular weight excluding hydrogens is 232 g/mol. The third-order valence-electron chi connectivity index (χ3n) is 1.80. The van der Waals surface area contributed by atoms with Gasteiger partial charge in [-0.25, -0.2) is 13.1 Å². The van der Waals surface area contributed by atoms with E-state index in [9.17, 15) is 8.42 Å². The number of rotatable bonds is 8. The maximum atomic E-state index is 11.6. The summed E-state index contributed by atoms with van der Waals surface area (Å²) < 4.78 is 30.6. The molecule has 1 rings (SSSR count). The van der Waals surface area contributed by atoms with Crippen LogP contribution in [0.15, 0.2) is 17.3 Å². The normalized spacial score (nSPS) is 11.8. The van der Waals surface area contributed by atoms with Gasteiger partial charge in [0.15, 0.2) is 0 Å². The van der Waals surface area contributed by atoms with Crippen molar-refractivity contribution in [1.82, 2.24) is 14.9 Å². The van der Waals surface area contributed by atoms with Crippen molar-refractivity contribution in [2.24, 2.45) is 5.73 Å². The van der Waals surface area contributed by atoms with Crippen LogP contribution >= 0.6 is 0 Å². The van der Waals surface area contributed by atoms with Gasteiger partial charge in [-0.15, -0.1) is 0 Å². The first-order chi connectivity index (χ1) is 7.67. The lowest BCUT2D eigenvalue weighted by molar-refractivity contribution is 0.140. The van der Waals surface area contributed by atoms with Gasteiger partial charge in [-0.3, -0.25) is 5.10 Å². The molecule has 0 fully saturated rings. The number of hydrogen-bond acceptors (Lipinski definition) is 5. The summed E-state index contributed by atoms with van der Waals surface area (Å²) in [6, 6.07) is 0. The number of nitrogens with zero attached hydrogens (tertiary/aromatic N) is 1. The van der Waals surface area contributed by atoms with Crippen LogP contribution in [0.4, 0.5) is 0 Å². The van der Waals surface area contributed by atoms with Gasteiger partial charge in [0.05, 0.1) is 12.8 Å². The molecule has 0 spiro atoms. The number of nitrogens with one attached hydrogen (secondary N) is 2. The average molecular weight is 248 g/mol. The Hall–Kier alpha value is -0.960. The molecular formula is C8H16N4O3S. The largest absolute Gasteiger partial charge is 0.380 e. The first-order valence-electron chi connectivity index (χ1n) is 4.93. The molecule has 0 aliphatic rings. The van der Waals surface area contributed by atoms with Gasteiger partial charge in [0.25, 0.3) is 0 Å². The molecule has 1 aromatic heterocycles. The fourth-order valence-electron chi connectivity index (χ4n) is 1.04. The third kappa shape index (κ3) is 4.27. The molecule has 4 N–H and O–H groups in total. The number of hydrogen-bond donors (Lipinski definition) is 3. The molecule has 0 saturated heterocycles. The van der Waals surface area contributed by atoms with Gasteiger partial charge < -0.3 is 10.5 Å². The van der Waals surface area contributed by atoms with E-state index in [0.717, 1.165) is 0 Å². The molecule has 7 nitrogen and oxygen atoms in total. The molecule has 92 valence electrons. The minimum absolute atomic E-state index is 0.135. The SMILES string of the molecule is NCCOCCCNS(=O)(=O)c1cn[nH]c1. The second-order valence-corrected chi connectivity index (χ2v) is 4.85. The van der Waals surface area contributed by atoms with E-state index in [0.29, 0.717) is 32.7 Å². The van der Waals surface area contributed by atoms with E-state index in [2.05, 4.69) is 14.9 Å². The number of aromatic nitrogens is 2. The lowest BCUT2D eigenvalue weighted by Crippen LogP contribution is -2.25. The number of aromatic amines is 1. The van der Waals surface area contributed by atoms with Crippen molar-refractivity contribution < 1.29 is 13.2 Å². The van der Waals surface area contributed by atoms with Crippen LogP contribution in [0.2, 0.25) is 0 Å². The average Bonchev–Trinajstić information content (AvgIpc) is 2.77. The van der Waals surface area contributed by atoms with Crippen molar-refractivity contribution in [2.75, 3.05) is 26.3 Å². The number of sulfonamides is 1. The van der Waals surface area contributed by atoms with E-state index in [1.165, 1.54) is 12.4 Å². The van der Waals surface area contributed by atoms with E-state index in [4.69, 9.17) is 10.5 Å². The quantitative estimate of drug-likeness (QED) is 0.514. The molecule has 0 unspecified atom stereocenters. The zero-order valence-corrected chi connectivity index (χ0v) is 9.66. The van der Waals surface area contributed by atoms with Crippen molar-refractivity contribution in [3.8, 4) is 0 Å². The Morgan fingerprint density at radius 1 is 1.50 bits per heavy atom. The molecule has 0 atom stereocenters. The van der Waals surface area contributed by atoms with Crippen LogP contribution in [-0.4, -0.2) is 44.9 Å². The number of H-pyrrole nitrogens is 1. The van der Waals surface area contributed by atoms with Gasteiger partial charge >= 0.3 is 0 Å². The van der Waals surface area contributed by atoms with E-state index in [1.54, 1.807) is 0 Å². The molecule has 8 heteroatoms. The Labute approximate surface area is 94.4 Å². The summed E-state index contributed by atoms with van der Waals surface area (Å²) in [6.45, 7) is 1.79. The van der Waals surface area contributed by atoms with E-state index >= 15 is 0 Å². The van der Waals surface area contributed by atoms with Crippen molar-refractivity contribution in [3.63, 3.8) is 0 Å². The van der Waals surface area contributed by atoms with Crippen molar-refractivity contribution in [3.05, 3.63) is 12.4 Å². The second kappa shape index (κ2) is 6.59. The van der Waals surface area contributed by atoms with Gasteiger partial charge in [-0.2, -0.15) is 5.10 Å². The third-order valence-corrected chi connectivity index (χ3v) is 3.23. The zero-order valence-electron chi connectivity index (χ0n) is 8.85. The van der Waals surface area contributed by atoms with Crippen LogP contribution in [0.3, 0.4) is 0 Å². The van der Waals surface area contributed by atoms with Crippen molar-refractivity contribution >= 4 is 10.0 Å². The van der Waals surface area contributed by atoms with Gasteiger partial charge in [0.2, 0.25) is 10.0 Å². The Morgan fingerprint density at radius 2 is 2.31 bits per heavy atom. The molecule has 0 aromatic carbocycles. The van der Waals surface area contributed by atoms with Crippen LogP contribution in [0.1, 0.15) is 6.42 Å². The van der Waals surface area contributed by atoms with Crippen LogP contribution in [0.25, 0.3) is 0 Å². The topological polar surface area (TPSA) is 110 Å².